The number of aryl methyl sites for hydroxylation is 1. The first-order chi connectivity index (χ1) is 11.7. The summed E-state index contributed by atoms with van der Waals surface area (Å²) in [5, 5.41) is 2.18. The van der Waals surface area contributed by atoms with E-state index in [0.29, 0.717) is 0 Å². The molecular weight excluding hydrogens is 323 g/mol. The third-order valence-corrected chi connectivity index (χ3v) is 6.12. The highest BCUT2D eigenvalue weighted by atomic mass is 32.1. The molecule has 0 radical (unpaired) electrons. The molecule has 1 aliphatic heterocycles. The first-order valence-electron chi connectivity index (χ1n) is 8.61. The van der Waals surface area contributed by atoms with E-state index in [9.17, 15) is 9.18 Å². The maximum atomic E-state index is 13.0. The van der Waals surface area contributed by atoms with Crippen LogP contribution in [0, 0.1) is 5.82 Å². The molecule has 1 amide bonds. The number of rotatable bonds is 2. The molecule has 0 bridgehead atoms. The van der Waals surface area contributed by atoms with E-state index in [1.165, 1.54) is 36.1 Å². The first-order valence-corrected chi connectivity index (χ1v) is 9.49. The third kappa shape index (κ3) is 2.93. The maximum Gasteiger partial charge on any atom is 0.264 e. The van der Waals surface area contributed by atoms with E-state index in [4.69, 9.17) is 0 Å². The Balaban J connectivity index is 1.43. The van der Waals surface area contributed by atoms with Gasteiger partial charge in [-0.1, -0.05) is 0 Å². The number of hydrogen-bond donors (Lipinski definition) is 0. The summed E-state index contributed by atoms with van der Waals surface area (Å²) in [6.07, 6.45) is 4.61. The molecule has 2 aliphatic rings. The average Bonchev–Trinajstić information content (AvgIpc) is 3.06. The first kappa shape index (κ1) is 15.6. The van der Waals surface area contributed by atoms with Crippen LogP contribution in [-0.2, 0) is 12.8 Å². The number of piperazine rings is 1. The number of anilines is 1. The minimum atomic E-state index is -0.213. The lowest BCUT2D eigenvalue weighted by Gasteiger charge is -2.36. The van der Waals surface area contributed by atoms with E-state index < -0.39 is 0 Å². The maximum absolute atomic E-state index is 13.0. The zero-order valence-electron chi connectivity index (χ0n) is 13.6. The topological polar surface area (TPSA) is 23.6 Å². The molecule has 1 aliphatic carbocycles. The molecule has 0 unspecified atom stereocenters. The van der Waals surface area contributed by atoms with Crippen molar-refractivity contribution in [2.45, 2.75) is 25.7 Å². The van der Waals surface area contributed by atoms with Crippen LogP contribution in [0.1, 0.15) is 33.6 Å². The van der Waals surface area contributed by atoms with Crippen LogP contribution in [0.3, 0.4) is 0 Å². The predicted octanol–water partition coefficient (Wildman–Crippen LogP) is 3.73. The van der Waals surface area contributed by atoms with Crippen LogP contribution in [0.5, 0.6) is 0 Å². The second-order valence-electron chi connectivity index (χ2n) is 6.53. The van der Waals surface area contributed by atoms with E-state index in [1.54, 1.807) is 11.3 Å². The highest BCUT2D eigenvalue weighted by Crippen LogP contribution is 2.31. The van der Waals surface area contributed by atoms with Crippen LogP contribution in [0.4, 0.5) is 10.1 Å². The molecule has 3 nitrogen and oxygen atoms in total. The van der Waals surface area contributed by atoms with E-state index in [-0.39, 0.29) is 11.7 Å². The summed E-state index contributed by atoms with van der Waals surface area (Å²) in [6.45, 7) is 3.04. The molecule has 0 saturated carbocycles. The van der Waals surface area contributed by atoms with Gasteiger partial charge in [-0.05, 0) is 66.5 Å². The summed E-state index contributed by atoms with van der Waals surface area (Å²) in [6, 6.07) is 6.60. The lowest BCUT2D eigenvalue weighted by molar-refractivity contribution is 0.0750. The Bertz CT molecular complexity index is 732. The van der Waals surface area contributed by atoms with Crippen LogP contribution in [0.15, 0.2) is 29.6 Å². The van der Waals surface area contributed by atoms with Crippen molar-refractivity contribution >= 4 is 22.9 Å². The third-order valence-electron chi connectivity index (χ3n) is 5.06. The Labute approximate surface area is 145 Å². The average molecular weight is 344 g/mol. The zero-order valence-corrected chi connectivity index (χ0v) is 14.4. The van der Waals surface area contributed by atoms with Crippen molar-refractivity contribution in [1.29, 1.82) is 0 Å². The molecule has 5 heteroatoms. The number of nitrogens with zero attached hydrogens (tertiary/aromatic N) is 2. The van der Waals surface area contributed by atoms with Crippen molar-refractivity contribution in [3.05, 3.63) is 51.5 Å². The Morgan fingerprint density at radius 2 is 1.71 bits per heavy atom. The Morgan fingerprint density at radius 3 is 2.46 bits per heavy atom. The Morgan fingerprint density at radius 1 is 1.00 bits per heavy atom. The number of carbonyl (C=O) groups is 1. The summed E-state index contributed by atoms with van der Waals surface area (Å²) in [5.74, 6) is -0.0167. The van der Waals surface area contributed by atoms with Gasteiger partial charge in [0.15, 0.2) is 0 Å². The summed E-state index contributed by atoms with van der Waals surface area (Å²) >= 11 is 1.62. The molecule has 0 atom stereocenters. The van der Waals surface area contributed by atoms with Crippen LogP contribution in [-0.4, -0.2) is 37.0 Å². The molecule has 126 valence electrons. The van der Waals surface area contributed by atoms with Crippen LogP contribution in [0.2, 0.25) is 0 Å². The number of carbonyl (C=O) groups excluding carboxylic acids is 1. The Hall–Kier alpha value is -1.88. The summed E-state index contributed by atoms with van der Waals surface area (Å²) in [4.78, 5) is 18.0. The fourth-order valence-electron chi connectivity index (χ4n) is 3.66. The van der Waals surface area contributed by atoms with Gasteiger partial charge in [-0.25, -0.2) is 4.39 Å². The lowest BCUT2D eigenvalue weighted by atomic mass is 9.93. The normalized spacial score (nSPS) is 17.7. The Kier molecular flexibility index (Phi) is 4.27. The van der Waals surface area contributed by atoms with Crippen LogP contribution >= 0.6 is 11.3 Å². The molecule has 4 rings (SSSR count). The molecule has 0 spiro atoms. The van der Waals surface area contributed by atoms with Crippen molar-refractivity contribution in [1.82, 2.24) is 4.90 Å². The highest BCUT2D eigenvalue weighted by molar-refractivity contribution is 7.12. The fraction of sp³-hybridized carbons (Fsp3) is 0.421. The monoisotopic (exact) mass is 344 g/mol. The molecule has 1 fully saturated rings. The zero-order chi connectivity index (χ0) is 16.5. The van der Waals surface area contributed by atoms with Crippen molar-refractivity contribution in [3.8, 4) is 0 Å². The summed E-state index contributed by atoms with van der Waals surface area (Å²) in [5.41, 5.74) is 3.72. The van der Waals surface area contributed by atoms with Gasteiger partial charge in [0.05, 0.1) is 4.88 Å². The van der Waals surface area contributed by atoms with Gasteiger partial charge in [0.25, 0.3) is 5.91 Å². The van der Waals surface area contributed by atoms with Crippen molar-refractivity contribution in [2.75, 3.05) is 31.1 Å². The quantitative estimate of drug-likeness (QED) is 0.829. The molecule has 2 aromatic rings. The number of benzene rings is 1. The number of thiophene rings is 1. The van der Waals surface area contributed by atoms with Crippen molar-refractivity contribution in [2.24, 2.45) is 0 Å². The van der Waals surface area contributed by atoms with Gasteiger partial charge < -0.3 is 9.80 Å². The number of halogens is 1. The van der Waals surface area contributed by atoms with E-state index in [1.807, 2.05) is 17.0 Å². The molecule has 1 aromatic carbocycles. The van der Waals surface area contributed by atoms with Gasteiger partial charge in [0.2, 0.25) is 0 Å². The minimum Gasteiger partial charge on any atom is -0.368 e. The predicted molar refractivity (Wildman–Crippen MR) is 95.5 cm³/mol. The van der Waals surface area contributed by atoms with Crippen molar-refractivity contribution in [3.63, 3.8) is 0 Å². The number of amides is 1. The van der Waals surface area contributed by atoms with Gasteiger partial charge in [-0.3, -0.25) is 4.79 Å². The molecular formula is C19H21FN2OS. The minimum absolute atomic E-state index is 0.196. The number of hydrogen-bond acceptors (Lipinski definition) is 3. The van der Waals surface area contributed by atoms with Gasteiger partial charge in [0, 0.05) is 31.9 Å². The lowest BCUT2D eigenvalue weighted by Crippen LogP contribution is -2.48. The molecule has 0 N–H and O–H groups in total. The van der Waals surface area contributed by atoms with Gasteiger partial charge in [0.1, 0.15) is 5.82 Å². The SMILES string of the molecule is O=C(c1scc2c1CCCC2)N1CCN(c2ccc(F)cc2)CC1. The smallest absolute Gasteiger partial charge is 0.264 e. The van der Waals surface area contributed by atoms with Crippen LogP contribution in [0.25, 0.3) is 0 Å². The second-order valence-corrected chi connectivity index (χ2v) is 7.41. The van der Waals surface area contributed by atoms with Gasteiger partial charge in [-0.2, -0.15) is 0 Å². The largest absolute Gasteiger partial charge is 0.368 e. The van der Waals surface area contributed by atoms with Crippen LogP contribution < -0.4 is 4.90 Å². The van der Waals surface area contributed by atoms with E-state index in [2.05, 4.69) is 10.3 Å². The van der Waals surface area contributed by atoms with Crippen molar-refractivity contribution < 1.29 is 9.18 Å². The molecule has 1 saturated heterocycles. The van der Waals surface area contributed by atoms with E-state index in [0.717, 1.165) is 49.6 Å². The van der Waals surface area contributed by atoms with Gasteiger partial charge in [-0.15, -0.1) is 11.3 Å². The standard InChI is InChI=1S/C19H21FN2OS/c20-15-5-7-16(8-6-15)21-9-11-22(12-10-21)19(23)18-17-4-2-1-3-14(17)13-24-18/h5-8,13H,1-4,9-12H2. The number of fused-ring (bicyclic) bond motifs is 1. The summed E-state index contributed by atoms with van der Waals surface area (Å²) < 4.78 is 13.0. The molecule has 1 aromatic heterocycles. The second kappa shape index (κ2) is 6.55. The molecule has 24 heavy (non-hydrogen) atoms. The molecule has 2 heterocycles. The fourth-order valence-corrected chi connectivity index (χ4v) is 4.79. The van der Waals surface area contributed by atoms with Gasteiger partial charge >= 0.3 is 0 Å². The summed E-state index contributed by atoms with van der Waals surface area (Å²) in [7, 11) is 0. The van der Waals surface area contributed by atoms with E-state index >= 15 is 0 Å². The highest BCUT2D eigenvalue weighted by Gasteiger charge is 2.27.